The van der Waals surface area contributed by atoms with E-state index >= 15 is 0 Å². The molecule has 1 saturated carbocycles. The molecule has 166 valence electrons. The molecule has 4 saturated heterocycles. The first-order valence-electron chi connectivity index (χ1n) is 11.2. The first kappa shape index (κ1) is 19.8. The predicted molar refractivity (Wildman–Crippen MR) is 105 cm³/mol. The third-order valence-corrected chi connectivity index (χ3v) is 8.06. The van der Waals surface area contributed by atoms with Crippen molar-refractivity contribution in [1.82, 2.24) is 5.06 Å². The van der Waals surface area contributed by atoms with Gasteiger partial charge < -0.3 is 9.47 Å². The molecule has 0 unspecified atom stereocenters. The maximum absolute atomic E-state index is 12.8. The maximum atomic E-state index is 12.8. The van der Waals surface area contributed by atoms with Crippen molar-refractivity contribution in [3.63, 3.8) is 0 Å². The van der Waals surface area contributed by atoms with Crippen molar-refractivity contribution >= 4 is 11.8 Å². The third-order valence-electron chi connectivity index (χ3n) is 8.06. The molecule has 31 heavy (non-hydrogen) atoms. The number of rotatable bonds is 2. The molecule has 2 bridgehead atoms. The Bertz CT molecular complexity index is 917. The summed E-state index contributed by atoms with van der Waals surface area (Å²) in [5, 5.41) is 0.834. The first-order valence-corrected chi connectivity index (χ1v) is 11.2. The molecule has 1 aromatic carbocycles. The van der Waals surface area contributed by atoms with E-state index in [9.17, 15) is 9.59 Å². The number of hydrogen-bond donors (Lipinski definition) is 0. The Morgan fingerprint density at radius 1 is 1.00 bits per heavy atom. The topological polar surface area (TPSA) is 83.5 Å². The second kappa shape index (κ2) is 6.59. The summed E-state index contributed by atoms with van der Waals surface area (Å²) in [6.45, 7) is 6.13. The minimum absolute atomic E-state index is 0.0512. The largest absolute Gasteiger partial charge is 0.318 e. The Morgan fingerprint density at radius 2 is 1.71 bits per heavy atom. The highest BCUT2D eigenvalue weighted by Gasteiger charge is 2.69. The van der Waals surface area contributed by atoms with Gasteiger partial charge in [0.05, 0.1) is 11.1 Å². The van der Waals surface area contributed by atoms with Crippen molar-refractivity contribution < 1.29 is 33.7 Å². The van der Waals surface area contributed by atoms with E-state index in [1.165, 1.54) is 0 Å². The van der Waals surface area contributed by atoms with E-state index in [0.717, 1.165) is 24.3 Å². The second-order valence-electron chi connectivity index (χ2n) is 9.83. The first-order chi connectivity index (χ1) is 14.8. The summed E-state index contributed by atoms with van der Waals surface area (Å²) in [7, 11) is 0. The highest BCUT2D eigenvalue weighted by Crippen LogP contribution is 2.60. The van der Waals surface area contributed by atoms with Gasteiger partial charge in [0.15, 0.2) is 18.2 Å². The average Bonchev–Trinajstić information content (AvgIpc) is 2.88. The molecule has 1 aliphatic carbocycles. The Labute approximate surface area is 180 Å². The SMILES string of the molecule is C[C@H]1[C@@H](ON2C(=O)c3ccccc3C2=O)O[C@@H]2O[C@]3(C)CC[C@H]4[C@H](C)CC[C@@H]1[C@@]24OO3. The molecule has 5 fully saturated rings. The third kappa shape index (κ3) is 2.60. The molecule has 1 aromatic rings. The summed E-state index contributed by atoms with van der Waals surface area (Å²) in [5.41, 5.74) is -0.0319. The monoisotopic (exact) mass is 429 g/mol. The smallest absolute Gasteiger partial charge is 0.285 e. The van der Waals surface area contributed by atoms with Crippen molar-refractivity contribution in [2.45, 2.75) is 70.4 Å². The highest BCUT2D eigenvalue weighted by molar-refractivity contribution is 6.20. The maximum Gasteiger partial charge on any atom is 0.285 e. The van der Waals surface area contributed by atoms with Crippen molar-refractivity contribution in [2.24, 2.45) is 23.7 Å². The zero-order valence-electron chi connectivity index (χ0n) is 17.9. The van der Waals surface area contributed by atoms with Crippen molar-refractivity contribution in [1.29, 1.82) is 0 Å². The van der Waals surface area contributed by atoms with E-state index in [1.807, 2.05) is 13.8 Å². The standard InChI is InChI=1S/C23H27NO7/c1-12-8-9-17-13(2)20(29-24-18(25)14-6-4-5-7-15(14)19(24)26)27-21-23(17)16(12)10-11-22(3,28-21)30-31-23/h4-7,12-13,16-17,20-21H,8-11H2,1-3H3/t12-,13-,16+,17+,20-,21-,22+,23-/m1/s1. The molecule has 8 atom stereocenters. The molecule has 5 aliphatic heterocycles. The summed E-state index contributed by atoms with van der Waals surface area (Å²) in [6.07, 6.45) is 2.11. The summed E-state index contributed by atoms with van der Waals surface area (Å²) in [5.74, 6) is -1.22. The minimum atomic E-state index is -0.891. The Morgan fingerprint density at radius 3 is 2.42 bits per heavy atom. The lowest BCUT2D eigenvalue weighted by atomic mass is 9.58. The summed E-state index contributed by atoms with van der Waals surface area (Å²) in [6, 6.07) is 6.72. The van der Waals surface area contributed by atoms with Gasteiger partial charge in [-0.3, -0.25) is 9.59 Å². The summed E-state index contributed by atoms with van der Waals surface area (Å²) in [4.78, 5) is 43.5. The quantitative estimate of drug-likeness (QED) is 0.526. The number of fused-ring (bicyclic) bond motifs is 3. The van der Waals surface area contributed by atoms with Gasteiger partial charge in [-0.1, -0.05) is 26.0 Å². The number of amides is 2. The molecule has 8 nitrogen and oxygen atoms in total. The molecule has 7 rings (SSSR count). The number of nitrogens with zero attached hydrogens (tertiary/aromatic N) is 1. The normalized spacial score (nSPS) is 46.0. The van der Waals surface area contributed by atoms with Crippen LogP contribution in [0.25, 0.3) is 0 Å². The molecule has 6 aliphatic rings. The minimum Gasteiger partial charge on any atom is -0.318 e. The van der Waals surface area contributed by atoms with Crippen LogP contribution in [0.4, 0.5) is 0 Å². The van der Waals surface area contributed by atoms with Gasteiger partial charge in [0.25, 0.3) is 11.8 Å². The van der Waals surface area contributed by atoms with E-state index in [4.69, 9.17) is 24.1 Å². The predicted octanol–water partition coefficient (Wildman–Crippen LogP) is 3.42. The summed E-state index contributed by atoms with van der Waals surface area (Å²) < 4.78 is 12.6. The number of ether oxygens (including phenoxy) is 2. The molecule has 5 heterocycles. The van der Waals surface area contributed by atoms with Crippen LogP contribution in [0.5, 0.6) is 0 Å². The van der Waals surface area contributed by atoms with Crippen LogP contribution in [0.15, 0.2) is 24.3 Å². The van der Waals surface area contributed by atoms with Gasteiger partial charge in [-0.15, -0.1) is 5.06 Å². The number of carbonyl (C=O) groups is 2. The Hall–Kier alpha value is -1.84. The van der Waals surface area contributed by atoms with Gasteiger partial charge in [-0.2, -0.15) is 0 Å². The molecule has 0 radical (unpaired) electrons. The van der Waals surface area contributed by atoms with E-state index < -0.39 is 35.8 Å². The fourth-order valence-electron chi connectivity index (χ4n) is 6.36. The molecule has 8 heteroatoms. The zero-order valence-corrected chi connectivity index (χ0v) is 17.9. The van der Waals surface area contributed by atoms with Gasteiger partial charge in [-0.25, -0.2) is 14.6 Å². The average molecular weight is 429 g/mol. The van der Waals surface area contributed by atoms with E-state index in [2.05, 4.69) is 6.92 Å². The lowest BCUT2D eigenvalue weighted by Crippen LogP contribution is -2.70. The van der Waals surface area contributed by atoms with Gasteiger partial charge >= 0.3 is 0 Å². The van der Waals surface area contributed by atoms with Crippen LogP contribution in [0.1, 0.15) is 67.2 Å². The van der Waals surface area contributed by atoms with Gasteiger partial charge in [0.2, 0.25) is 5.79 Å². The molecule has 1 spiro atoms. The van der Waals surface area contributed by atoms with Crippen LogP contribution < -0.4 is 0 Å². The Kier molecular flexibility index (Phi) is 4.21. The molecular weight excluding hydrogens is 402 g/mol. The molecular formula is C23H27NO7. The van der Waals surface area contributed by atoms with E-state index in [1.54, 1.807) is 24.3 Å². The van der Waals surface area contributed by atoms with Crippen LogP contribution in [-0.2, 0) is 24.1 Å². The number of imide groups is 1. The lowest BCUT2D eigenvalue weighted by molar-refractivity contribution is -0.579. The number of hydroxylamine groups is 2. The van der Waals surface area contributed by atoms with Gasteiger partial charge in [0, 0.05) is 18.3 Å². The lowest BCUT2D eigenvalue weighted by Gasteiger charge is -2.60. The van der Waals surface area contributed by atoms with Crippen LogP contribution in [0, 0.1) is 23.7 Å². The molecule has 0 aromatic heterocycles. The Balaban J connectivity index is 1.32. The molecule has 2 amide bonds. The number of benzene rings is 1. The van der Waals surface area contributed by atoms with Crippen molar-refractivity contribution in [2.75, 3.05) is 0 Å². The van der Waals surface area contributed by atoms with Crippen LogP contribution in [-0.4, -0.2) is 40.8 Å². The van der Waals surface area contributed by atoms with Crippen molar-refractivity contribution in [3.8, 4) is 0 Å². The van der Waals surface area contributed by atoms with Crippen LogP contribution >= 0.6 is 0 Å². The van der Waals surface area contributed by atoms with Crippen LogP contribution in [0.3, 0.4) is 0 Å². The van der Waals surface area contributed by atoms with Crippen molar-refractivity contribution in [3.05, 3.63) is 35.4 Å². The summed E-state index contributed by atoms with van der Waals surface area (Å²) >= 11 is 0. The van der Waals surface area contributed by atoms with Gasteiger partial charge in [-0.05, 0) is 50.2 Å². The van der Waals surface area contributed by atoms with E-state index in [0.29, 0.717) is 23.5 Å². The fourth-order valence-corrected chi connectivity index (χ4v) is 6.36. The van der Waals surface area contributed by atoms with Crippen LogP contribution in [0.2, 0.25) is 0 Å². The number of carbonyl (C=O) groups excluding carboxylic acids is 2. The second-order valence-corrected chi connectivity index (χ2v) is 9.83. The van der Waals surface area contributed by atoms with Gasteiger partial charge in [0.1, 0.15) is 0 Å². The zero-order chi connectivity index (χ0) is 21.5. The highest BCUT2D eigenvalue weighted by atomic mass is 17.3. The number of hydrogen-bond acceptors (Lipinski definition) is 7. The van der Waals surface area contributed by atoms with E-state index in [-0.39, 0.29) is 17.8 Å². The molecule has 0 N–H and O–H groups in total. The fraction of sp³-hybridized carbons (Fsp3) is 0.652.